The number of carbonyl (C=O) groups is 2. The van der Waals surface area contributed by atoms with Crippen LogP contribution in [-0.2, 0) is 4.79 Å². The number of aromatic carboxylic acids is 1. The van der Waals surface area contributed by atoms with Crippen LogP contribution in [-0.4, -0.2) is 32.9 Å². The summed E-state index contributed by atoms with van der Waals surface area (Å²) in [6.45, 7) is 5.64. The third kappa shape index (κ3) is 4.45. The number of hydrogen-bond acceptors (Lipinski definition) is 6. The standard InChI is InChI=1S/C14H14N4O3S/c1-8-5-9(2)17-14(16-8)22-7-12(19)18-11-4-3-10(6-15-11)13(20)21/h3-6H,1,7H2,2H3,(H,16,17)(H,20,21)(H,15,18,19). The second kappa shape index (κ2) is 6.90. The van der Waals surface area contributed by atoms with E-state index in [0.717, 1.165) is 11.4 Å². The van der Waals surface area contributed by atoms with Crippen LogP contribution in [0.5, 0.6) is 0 Å². The lowest BCUT2D eigenvalue weighted by atomic mass is 10.3. The summed E-state index contributed by atoms with van der Waals surface area (Å²) >= 11 is 1.24. The van der Waals surface area contributed by atoms with Crippen molar-refractivity contribution in [2.75, 3.05) is 11.1 Å². The van der Waals surface area contributed by atoms with Crippen LogP contribution >= 0.6 is 11.8 Å². The summed E-state index contributed by atoms with van der Waals surface area (Å²) in [5.74, 6) is -0.877. The Morgan fingerprint density at radius 2 is 2.23 bits per heavy atom. The van der Waals surface area contributed by atoms with E-state index in [4.69, 9.17) is 5.11 Å². The van der Waals surface area contributed by atoms with Gasteiger partial charge in [0.05, 0.1) is 11.3 Å². The number of nitrogens with one attached hydrogen (secondary N) is 2. The number of amidine groups is 1. The molecule has 0 aromatic carbocycles. The van der Waals surface area contributed by atoms with E-state index in [1.54, 1.807) is 6.08 Å². The minimum absolute atomic E-state index is 0.0638. The number of thioether (sulfide) groups is 1. The lowest BCUT2D eigenvalue weighted by Crippen LogP contribution is -2.24. The summed E-state index contributed by atoms with van der Waals surface area (Å²) in [5, 5.41) is 14.9. The van der Waals surface area contributed by atoms with Crippen LogP contribution in [0.25, 0.3) is 0 Å². The Morgan fingerprint density at radius 1 is 1.45 bits per heavy atom. The van der Waals surface area contributed by atoms with Gasteiger partial charge in [-0.2, -0.15) is 0 Å². The molecule has 0 unspecified atom stereocenters. The normalized spacial score (nSPS) is 13.8. The molecule has 0 radical (unpaired) electrons. The summed E-state index contributed by atoms with van der Waals surface area (Å²) in [6.07, 6.45) is 2.99. The quantitative estimate of drug-likeness (QED) is 0.782. The van der Waals surface area contributed by atoms with E-state index in [0.29, 0.717) is 11.0 Å². The molecular weight excluding hydrogens is 304 g/mol. The SMILES string of the molecule is C=C1C=C(C)N=C(SCC(=O)Nc2ccc(C(=O)O)cn2)N1. The number of carboxylic acids is 1. The van der Waals surface area contributed by atoms with Gasteiger partial charge in [-0.1, -0.05) is 18.3 Å². The second-order valence-electron chi connectivity index (χ2n) is 4.43. The van der Waals surface area contributed by atoms with Crippen LogP contribution in [0.1, 0.15) is 17.3 Å². The lowest BCUT2D eigenvalue weighted by molar-refractivity contribution is -0.113. The fourth-order valence-electron chi connectivity index (χ4n) is 1.62. The predicted octanol–water partition coefficient (Wildman–Crippen LogP) is 1.83. The summed E-state index contributed by atoms with van der Waals surface area (Å²) in [6, 6.07) is 2.82. The maximum atomic E-state index is 11.8. The molecule has 0 fully saturated rings. The number of carbonyl (C=O) groups excluding carboxylic acids is 1. The molecule has 22 heavy (non-hydrogen) atoms. The van der Waals surface area contributed by atoms with E-state index in [9.17, 15) is 9.59 Å². The number of aliphatic imine (C=N–C) groups is 1. The lowest BCUT2D eigenvalue weighted by Gasteiger charge is -2.14. The van der Waals surface area contributed by atoms with Crippen LogP contribution in [0.4, 0.5) is 5.82 Å². The first-order chi connectivity index (χ1) is 10.4. The fourth-order valence-corrected chi connectivity index (χ4v) is 2.37. The van der Waals surface area contributed by atoms with E-state index in [-0.39, 0.29) is 17.2 Å². The molecule has 8 heteroatoms. The number of nitrogens with zero attached hydrogens (tertiary/aromatic N) is 2. The third-order valence-electron chi connectivity index (χ3n) is 2.55. The molecule has 1 aromatic rings. The highest BCUT2D eigenvalue weighted by Gasteiger charge is 2.11. The Bertz CT molecular complexity index is 680. The van der Waals surface area contributed by atoms with Crippen molar-refractivity contribution >= 4 is 34.6 Å². The number of anilines is 1. The number of aromatic nitrogens is 1. The number of pyridine rings is 1. The summed E-state index contributed by atoms with van der Waals surface area (Å²) < 4.78 is 0. The monoisotopic (exact) mass is 318 g/mol. The molecule has 1 aromatic heterocycles. The molecule has 0 aliphatic carbocycles. The molecule has 2 rings (SSSR count). The Morgan fingerprint density at radius 3 is 2.82 bits per heavy atom. The van der Waals surface area contributed by atoms with Gasteiger partial charge in [0.2, 0.25) is 5.91 Å². The zero-order valence-corrected chi connectivity index (χ0v) is 12.6. The van der Waals surface area contributed by atoms with Crippen LogP contribution < -0.4 is 10.6 Å². The minimum atomic E-state index is -1.06. The first-order valence-electron chi connectivity index (χ1n) is 6.29. The van der Waals surface area contributed by atoms with E-state index in [1.165, 1.54) is 30.1 Å². The van der Waals surface area contributed by atoms with Crippen LogP contribution in [0.2, 0.25) is 0 Å². The molecular formula is C14H14N4O3S. The van der Waals surface area contributed by atoms with Crippen molar-refractivity contribution < 1.29 is 14.7 Å². The van der Waals surface area contributed by atoms with Crippen molar-refractivity contribution in [3.8, 4) is 0 Å². The van der Waals surface area contributed by atoms with E-state index in [1.807, 2.05) is 6.92 Å². The number of allylic oxidation sites excluding steroid dienone is 2. The van der Waals surface area contributed by atoms with Gasteiger partial charge in [0.25, 0.3) is 0 Å². The van der Waals surface area contributed by atoms with Crippen molar-refractivity contribution in [1.82, 2.24) is 10.3 Å². The topological polar surface area (TPSA) is 104 Å². The Hall–Kier alpha value is -2.61. The Labute approximate surface area is 131 Å². The molecule has 1 aliphatic rings. The Kier molecular flexibility index (Phi) is 4.95. The molecule has 1 aliphatic heterocycles. The molecule has 114 valence electrons. The van der Waals surface area contributed by atoms with E-state index < -0.39 is 5.97 Å². The molecule has 0 spiro atoms. The molecule has 7 nitrogen and oxygen atoms in total. The molecule has 3 N–H and O–H groups in total. The van der Waals surface area contributed by atoms with Gasteiger partial charge >= 0.3 is 5.97 Å². The molecule has 0 atom stereocenters. The number of rotatable bonds is 4. The predicted molar refractivity (Wildman–Crippen MR) is 85.8 cm³/mol. The average Bonchev–Trinajstić information content (AvgIpc) is 2.45. The summed E-state index contributed by atoms with van der Waals surface area (Å²) in [4.78, 5) is 30.6. The van der Waals surface area contributed by atoms with Gasteiger partial charge in [0.15, 0.2) is 5.17 Å². The number of amides is 1. The minimum Gasteiger partial charge on any atom is -0.478 e. The zero-order valence-electron chi connectivity index (χ0n) is 11.8. The number of hydrogen-bond donors (Lipinski definition) is 3. The van der Waals surface area contributed by atoms with Crippen molar-refractivity contribution in [3.05, 3.63) is 47.9 Å². The van der Waals surface area contributed by atoms with Crippen molar-refractivity contribution in [3.63, 3.8) is 0 Å². The first-order valence-corrected chi connectivity index (χ1v) is 7.27. The number of carboxylic acid groups (broad SMARTS) is 1. The average molecular weight is 318 g/mol. The molecule has 0 bridgehead atoms. The molecule has 0 saturated heterocycles. The highest BCUT2D eigenvalue weighted by atomic mass is 32.2. The van der Waals surface area contributed by atoms with Crippen molar-refractivity contribution in [2.45, 2.75) is 6.92 Å². The Balaban J connectivity index is 1.87. The smallest absolute Gasteiger partial charge is 0.337 e. The van der Waals surface area contributed by atoms with Crippen LogP contribution in [0.3, 0.4) is 0 Å². The van der Waals surface area contributed by atoms with Gasteiger partial charge in [-0.15, -0.1) is 0 Å². The van der Waals surface area contributed by atoms with Crippen LogP contribution in [0, 0.1) is 0 Å². The van der Waals surface area contributed by atoms with E-state index in [2.05, 4.69) is 27.2 Å². The van der Waals surface area contributed by atoms with Gasteiger partial charge in [0.1, 0.15) is 5.82 Å². The van der Waals surface area contributed by atoms with Crippen molar-refractivity contribution in [2.24, 2.45) is 4.99 Å². The summed E-state index contributed by atoms with van der Waals surface area (Å²) in [5.41, 5.74) is 1.60. The molecule has 1 amide bonds. The maximum absolute atomic E-state index is 11.8. The van der Waals surface area contributed by atoms with Gasteiger partial charge in [-0.3, -0.25) is 4.79 Å². The van der Waals surface area contributed by atoms with Crippen molar-refractivity contribution in [1.29, 1.82) is 0 Å². The van der Waals surface area contributed by atoms with Gasteiger partial charge in [0, 0.05) is 17.6 Å². The highest BCUT2D eigenvalue weighted by molar-refractivity contribution is 8.14. The van der Waals surface area contributed by atoms with E-state index >= 15 is 0 Å². The van der Waals surface area contributed by atoms with Gasteiger partial charge in [-0.25, -0.2) is 14.8 Å². The first kappa shape index (κ1) is 15.8. The van der Waals surface area contributed by atoms with Crippen LogP contribution in [0.15, 0.2) is 47.4 Å². The van der Waals surface area contributed by atoms with Gasteiger partial charge < -0.3 is 15.7 Å². The fraction of sp³-hybridized carbons (Fsp3) is 0.143. The summed E-state index contributed by atoms with van der Waals surface area (Å²) in [7, 11) is 0. The third-order valence-corrected chi connectivity index (χ3v) is 3.42. The second-order valence-corrected chi connectivity index (χ2v) is 5.39. The highest BCUT2D eigenvalue weighted by Crippen LogP contribution is 2.14. The largest absolute Gasteiger partial charge is 0.478 e. The van der Waals surface area contributed by atoms with Gasteiger partial charge in [-0.05, 0) is 25.1 Å². The molecule has 0 saturated carbocycles. The molecule has 2 heterocycles. The maximum Gasteiger partial charge on any atom is 0.337 e. The zero-order chi connectivity index (χ0) is 16.1.